The lowest BCUT2D eigenvalue weighted by atomic mass is 10.0. The Balaban J connectivity index is 0.00000220. The van der Waals surface area contributed by atoms with E-state index in [1.54, 1.807) is 18.2 Å². The maximum atomic E-state index is 6.02. The summed E-state index contributed by atoms with van der Waals surface area (Å²) in [5, 5.41) is 8.35. The smallest absolute Gasteiger partial charge is 0.211 e. The van der Waals surface area contributed by atoms with Crippen LogP contribution < -0.4 is 17.2 Å². The molecule has 0 heterocycles. The Morgan fingerprint density at radius 1 is 0.909 bits per heavy atom. The third-order valence-corrected chi connectivity index (χ3v) is 2.82. The van der Waals surface area contributed by atoms with E-state index in [2.05, 4.69) is 10.2 Å². The van der Waals surface area contributed by atoms with E-state index in [0.717, 1.165) is 5.56 Å². The molecule has 0 aliphatic heterocycles. The highest BCUT2D eigenvalue weighted by molar-refractivity contribution is 6.31. The zero-order valence-electron chi connectivity index (χ0n) is 11.4. The summed E-state index contributed by atoms with van der Waals surface area (Å²) in [4.78, 5) is 0. The molecule has 0 amide bonds. The van der Waals surface area contributed by atoms with E-state index in [1.165, 1.54) is 0 Å². The molecule has 2 rings (SSSR count). The van der Waals surface area contributed by atoms with Gasteiger partial charge in [0.1, 0.15) is 5.71 Å². The molecule has 0 radical (unpaired) electrons. The Labute approximate surface area is 146 Å². The quantitative estimate of drug-likeness (QED) is 0.339. The molecule has 0 saturated carbocycles. The minimum absolute atomic E-state index is 0. The highest BCUT2D eigenvalue weighted by Gasteiger charge is 2.11. The summed E-state index contributed by atoms with van der Waals surface area (Å²) in [6.45, 7) is 0. The zero-order valence-corrected chi connectivity index (χ0v) is 13.8. The molecule has 8 heteroatoms. The van der Waals surface area contributed by atoms with Gasteiger partial charge in [0.15, 0.2) is 0 Å². The van der Waals surface area contributed by atoms with Gasteiger partial charge in [-0.2, -0.15) is 0 Å². The summed E-state index contributed by atoms with van der Waals surface area (Å²) in [5.41, 5.74) is 19.3. The standard InChI is InChI=1S/C14H14ClN5.2ClH/c15-10-6-7-12(16)11(8-10)13(19-20-14(17)18)9-4-2-1-3-5-9;;/h1-8H,16H2,(H4,17,18,20);2*1H/b19-13-;;. The lowest BCUT2D eigenvalue weighted by Gasteiger charge is -2.09. The van der Waals surface area contributed by atoms with E-state index in [0.29, 0.717) is 22.0 Å². The number of nitrogens with two attached hydrogens (primary N) is 3. The molecule has 118 valence electrons. The summed E-state index contributed by atoms with van der Waals surface area (Å²) in [7, 11) is 0. The van der Waals surface area contributed by atoms with Crippen LogP contribution in [0.5, 0.6) is 0 Å². The molecule has 6 N–H and O–H groups in total. The average Bonchev–Trinajstić information content (AvgIpc) is 2.43. The molecule has 0 fully saturated rings. The number of anilines is 1. The number of rotatable bonds is 3. The molecule has 0 aliphatic rings. The van der Waals surface area contributed by atoms with E-state index in [1.807, 2.05) is 30.3 Å². The molecule has 0 spiro atoms. The number of guanidine groups is 1. The van der Waals surface area contributed by atoms with Gasteiger partial charge in [0, 0.05) is 21.8 Å². The molecule has 22 heavy (non-hydrogen) atoms. The van der Waals surface area contributed by atoms with Crippen LogP contribution in [0, 0.1) is 0 Å². The van der Waals surface area contributed by atoms with Crippen LogP contribution in [-0.2, 0) is 0 Å². The first kappa shape index (κ1) is 20.1. The lowest BCUT2D eigenvalue weighted by Crippen LogP contribution is -2.22. The topological polar surface area (TPSA) is 103 Å². The molecule has 0 saturated heterocycles. The third kappa shape index (κ3) is 5.11. The highest BCUT2D eigenvalue weighted by atomic mass is 35.5. The van der Waals surface area contributed by atoms with Gasteiger partial charge in [0.25, 0.3) is 0 Å². The fourth-order valence-electron chi connectivity index (χ4n) is 1.70. The van der Waals surface area contributed by atoms with Gasteiger partial charge >= 0.3 is 0 Å². The SMILES string of the molecule is Cl.Cl.NC(N)=N/N=C(/c1ccccc1)c1cc(Cl)ccc1N. The molecular weight excluding hydrogens is 345 g/mol. The fraction of sp³-hybridized carbons (Fsp3) is 0. The minimum Gasteiger partial charge on any atom is -0.398 e. The van der Waals surface area contributed by atoms with Crippen molar-refractivity contribution in [3.05, 3.63) is 64.7 Å². The molecule has 5 nitrogen and oxygen atoms in total. The number of nitrogens with zero attached hydrogens (tertiary/aromatic N) is 2. The van der Waals surface area contributed by atoms with Crippen molar-refractivity contribution in [2.75, 3.05) is 5.73 Å². The maximum Gasteiger partial charge on any atom is 0.211 e. The number of hydrogen-bond acceptors (Lipinski definition) is 3. The van der Waals surface area contributed by atoms with Gasteiger partial charge < -0.3 is 17.2 Å². The van der Waals surface area contributed by atoms with Crippen molar-refractivity contribution >= 4 is 53.8 Å². The highest BCUT2D eigenvalue weighted by Crippen LogP contribution is 2.22. The van der Waals surface area contributed by atoms with Crippen LogP contribution in [-0.4, -0.2) is 11.7 Å². The van der Waals surface area contributed by atoms with Gasteiger partial charge in [-0.15, -0.1) is 35.0 Å². The van der Waals surface area contributed by atoms with Gasteiger partial charge in [-0.05, 0) is 18.2 Å². The Morgan fingerprint density at radius 2 is 1.55 bits per heavy atom. The van der Waals surface area contributed by atoms with Crippen molar-refractivity contribution in [2.24, 2.45) is 21.7 Å². The van der Waals surface area contributed by atoms with Crippen LogP contribution in [0.4, 0.5) is 5.69 Å². The van der Waals surface area contributed by atoms with Gasteiger partial charge in [-0.1, -0.05) is 41.9 Å². The second-order valence-electron chi connectivity index (χ2n) is 4.07. The Kier molecular flexibility index (Phi) is 8.34. The van der Waals surface area contributed by atoms with Crippen LogP contribution >= 0.6 is 36.4 Å². The van der Waals surface area contributed by atoms with Crippen molar-refractivity contribution in [3.8, 4) is 0 Å². The normalized spacial score (nSPS) is 10.1. The monoisotopic (exact) mass is 359 g/mol. The van der Waals surface area contributed by atoms with Gasteiger partial charge in [0.2, 0.25) is 5.96 Å². The predicted molar refractivity (Wildman–Crippen MR) is 98.3 cm³/mol. The largest absolute Gasteiger partial charge is 0.398 e. The summed E-state index contributed by atoms with van der Waals surface area (Å²) < 4.78 is 0. The first-order valence-corrected chi connectivity index (χ1v) is 6.23. The summed E-state index contributed by atoms with van der Waals surface area (Å²) >= 11 is 6.02. The molecule has 0 atom stereocenters. The van der Waals surface area contributed by atoms with Crippen molar-refractivity contribution in [1.29, 1.82) is 0 Å². The Morgan fingerprint density at radius 3 is 2.14 bits per heavy atom. The van der Waals surface area contributed by atoms with E-state index in [4.69, 9.17) is 28.8 Å². The van der Waals surface area contributed by atoms with Crippen molar-refractivity contribution in [1.82, 2.24) is 0 Å². The summed E-state index contributed by atoms with van der Waals surface area (Å²) in [6.07, 6.45) is 0. The molecule has 2 aromatic rings. The molecule has 0 aliphatic carbocycles. The van der Waals surface area contributed by atoms with Crippen molar-refractivity contribution in [2.45, 2.75) is 0 Å². The zero-order chi connectivity index (χ0) is 14.5. The fourth-order valence-corrected chi connectivity index (χ4v) is 1.88. The molecule has 0 unspecified atom stereocenters. The number of halogens is 3. The first-order valence-electron chi connectivity index (χ1n) is 5.85. The van der Waals surface area contributed by atoms with Crippen LogP contribution in [0.15, 0.2) is 58.7 Å². The van der Waals surface area contributed by atoms with Gasteiger partial charge in [-0.25, -0.2) is 0 Å². The van der Waals surface area contributed by atoms with Crippen LogP contribution in [0.1, 0.15) is 11.1 Å². The van der Waals surface area contributed by atoms with Gasteiger partial charge in [-0.3, -0.25) is 0 Å². The second kappa shape index (κ2) is 9.15. The van der Waals surface area contributed by atoms with E-state index in [-0.39, 0.29) is 30.8 Å². The number of benzene rings is 2. The van der Waals surface area contributed by atoms with E-state index >= 15 is 0 Å². The molecular formula is C14H16Cl3N5. The summed E-state index contributed by atoms with van der Waals surface area (Å²) in [5.74, 6) is -0.126. The Bertz CT molecular complexity index is 667. The Hall–Kier alpha value is -1.95. The number of nitrogen functional groups attached to an aromatic ring is 1. The third-order valence-electron chi connectivity index (χ3n) is 2.58. The van der Waals surface area contributed by atoms with Crippen LogP contribution in [0.2, 0.25) is 5.02 Å². The van der Waals surface area contributed by atoms with Crippen LogP contribution in [0.25, 0.3) is 0 Å². The number of hydrogen-bond donors (Lipinski definition) is 3. The van der Waals surface area contributed by atoms with Crippen molar-refractivity contribution < 1.29 is 0 Å². The van der Waals surface area contributed by atoms with Gasteiger partial charge in [0.05, 0.1) is 0 Å². The minimum atomic E-state index is -0.126. The second-order valence-corrected chi connectivity index (χ2v) is 4.51. The molecule has 0 bridgehead atoms. The first-order chi connectivity index (χ1) is 9.58. The maximum absolute atomic E-state index is 6.02. The van der Waals surface area contributed by atoms with Crippen molar-refractivity contribution in [3.63, 3.8) is 0 Å². The molecule has 2 aromatic carbocycles. The van der Waals surface area contributed by atoms with E-state index < -0.39 is 0 Å². The predicted octanol–water partition coefficient (Wildman–Crippen LogP) is 2.79. The molecule has 0 aromatic heterocycles. The summed E-state index contributed by atoms with van der Waals surface area (Å²) in [6, 6.07) is 14.6. The van der Waals surface area contributed by atoms with E-state index in [9.17, 15) is 0 Å². The average molecular weight is 361 g/mol. The lowest BCUT2D eigenvalue weighted by molar-refractivity contribution is 1.20. The van der Waals surface area contributed by atoms with Crippen LogP contribution in [0.3, 0.4) is 0 Å².